The second-order valence-electron chi connectivity index (χ2n) is 8.74. The second kappa shape index (κ2) is 12.4. The topological polar surface area (TPSA) is 143 Å². The van der Waals surface area contributed by atoms with Crippen molar-refractivity contribution in [3.05, 3.63) is 77.7 Å². The van der Waals surface area contributed by atoms with Crippen molar-refractivity contribution in [1.29, 1.82) is 5.41 Å². The Morgan fingerprint density at radius 3 is 2.50 bits per heavy atom. The summed E-state index contributed by atoms with van der Waals surface area (Å²) in [4.78, 5) is 12.3. The lowest BCUT2D eigenvalue weighted by molar-refractivity contribution is 0.0512. The monoisotopic (exact) mass is 516 g/mol. The third-order valence-electron chi connectivity index (χ3n) is 6.07. The summed E-state index contributed by atoms with van der Waals surface area (Å²) in [6.45, 7) is 7.62. The van der Waals surface area contributed by atoms with Crippen LogP contribution in [-0.4, -0.2) is 57.6 Å². The van der Waals surface area contributed by atoms with E-state index < -0.39 is 5.97 Å². The van der Waals surface area contributed by atoms with Gasteiger partial charge in [0.1, 0.15) is 11.3 Å². The summed E-state index contributed by atoms with van der Waals surface area (Å²) >= 11 is 0. The minimum Gasteiger partial charge on any atom is -0.478 e. The quantitative estimate of drug-likeness (QED) is 0.103. The number of benzene rings is 3. The Bertz CT molecular complexity index is 1480. The van der Waals surface area contributed by atoms with Crippen LogP contribution in [-0.2, 0) is 9.47 Å². The van der Waals surface area contributed by atoms with Gasteiger partial charge in [0.05, 0.1) is 37.3 Å². The fourth-order valence-corrected chi connectivity index (χ4v) is 4.19. The number of rotatable bonds is 13. The van der Waals surface area contributed by atoms with Crippen LogP contribution in [0.1, 0.15) is 15.9 Å². The molecule has 1 heterocycles. The van der Waals surface area contributed by atoms with E-state index in [1.165, 1.54) is 0 Å². The molecule has 0 amide bonds. The fourth-order valence-electron chi connectivity index (χ4n) is 4.19. The van der Waals surface area contributed by atoms with Crippen molar-refractivity contribution in [3.63, 3.8) is 0 Å². The van der Waals surface area contributed by atoms with Gasteiger partial charge in [0, 0.05) is 53.1 Å². The number of fused-ring (bicyclic) bond motifs is 2. The van der Waals surface area contributed by atoms with E-state index in [1.807, 2.05) is 19.2 Å². The van der Waals surface area contributed by atoms with Crippen LogP contribution < -0.4 is 21.7 Å². The normalized spacial score (nSPS) is 11.2. The third-order valence-corrected chi connectivity index (χ3v) is 6.07. The Balaban J connectivity index is 1.62. The number of anilines is 1. The number of aromatic carboxylic acids is 1. The molecule has 0 atom stereocenters. The highest BCUT2D eigenvalue weighted by Gasteiger charge is 2.22. The van der Waals surface area contributed by atoms with Gasteiger partial charge in [0.2, 0.25) is 0 Å². The highest BCUT2D eigenvalue weighted by Crippen LogP contribution is 2.42. The van der Waals surface area contributed by atoms with E-state index >= 15 is 0 Å². The first-order chi connectivity index (χ1) is 18.4. The summed E-state index contributed by atoms with van der Waals surface area (Å²) in [5.74, 6) is -0.582. The zero-order chi connectivity index (χ0) is 27.1. The van der Waals surface area contributed by atoms with Gasteiger partial charge in [-0.25, -0.2) is 4.79 Å². The average Bonchev–Trinajstić information content (AvgIpc) is 2.90. The van der Waals surface area contributed by atoms with Crippen molar-refractivity contribution < 1.29 is 23.8 Å². The summed E-state index contributed by atoms with van der Waals surface area (Å²) in [5.41, 5.74) is 10.5. The number of hydrogen-bond donors (Lipinski definition) is 5. The molecular weight excluding hydrogens is 484 g/mol. The molecule has 4 rings (SSSR count). The van der Waals surface area contributed by atoms with Gasteiger partial charge >= 0.3 is 5.97 Å². The molecule has 198 valence electrons. The van der Waals surface area contributed by atoms with E-state index in [4.69, 9.17) is 25.0 Å². The molecule has 2 aliphatic rings. The summed E-state index contributed by atoms with van der Waals surface area (Å²) in [7, 11) is 1.88. The minimum atomic E-state index is -1.05. The van der Waals surface area contributed by atoms with Gasteiger partial charge in [-0.3, -0.25) is 0 Å². The lowest BCUT2D eigenvalue weighted by atomic mass is 9.89. The number of ether oxygens (including phenoxy) is 2. The molecule has 0 spiro atoms. The molecule has 0 saturated heterocycles. The van der Waals surface area contributed by atoms with Crippen LogP contribution in [0.3, 0.4) is 0 Å². The van der Waals surface area contributed by atoms with Crippen LogP contribution in [0.2, 0.25) is 0 Å². The van der Waals surface area contributed by atoms with Gasteiger partial charge < -0.3 is 40.8 Å². The molecule has 2 aromatic carbocycles. The van der Waals surface area contributed by atoms with Crippen LogP contribution in [0, 0.1) is 5.41 Å². The molecule has 0 radical (unpaired) electrons. The van der Waals surface area contributed by atoms with E-state index in [9.17, 15) is 9.90 Å². The SMILES string of the molecule is C=C(NCCOCCOCCNC)c1ccc(C(=O)O)c(-c2c3ccc(=N)cc-3oc3cc(N)ccc23)c1. The predicted octanol–water partition coefficient (Wildman–Crippen LogP) is 3.78. The lowest BCUT2D eigenvalue weighted by Crippen LogP contribution is -2.20. The van der Waals surface area contributed by atoms with Crippen molar-refractivity contribution in [2.75, 3.05) is 52.3 Å². The molecule has 9 nitrogen and oxygen atoms in total. The summed E-state index contributed by atoms with van der Waals surface area (Å²) in [6.07, 6.45) is 0. The molecule has 38 heavy (non-hydrogen) atoms. The first kappa shape index (κ1) is 26.9. The van der Waals surface area contributed by atoms with Crippen LogP contribution in [0.5, 0.6) is 0 Å². The van der Waals surface area contributed by atoms with Crippen LogP contribution in [0.4, 0.5) is 5.69 Å². The van der Waals surface area contributed by atoms with Crippen molar-refractivity contribution in [2.45, 2.75) is 0 Å². The van der Waals surface area contributed by atoms with E-state index in [0.29, 0.717) is 77.8 Å². The maximum Gasteiger partial charge on any atom is 0.336 e. The van der Waals surface area contributed by atoms with Gasteiger partial charge in [0.25, 0.3) is 0 Å². The molecule has 0 fully saturated rings. The van der Waals surface area contributed by atoms with E-state index in [-0.39, 0.29) is 10.9 Å². The first-order valence-electron chi connectivity index (χ1n) is 12.3. The van der Waals surface area contributed by atoms with E-state index in [1.54, 1.807) is 42.5 Å². The molecule has 0 aromatic heterocycles. The maximum atomic E-state index is 12.3. The molecule has 1 aliphatic carbocycles. The molecular formula is C29H32N4O5. The largest absolute Gasteiger partial charge is 0.478 e. The number of nitrogens with two attached hydrogens (primary N) is 1. The van der Waals surface area contributed by atoms with Crippen molar-refractivity contribution in [1.82, 2.24) is 10.6 Å². The average molecular weight is 517 g/mol. The number of carboxylic acids is 1. The number of carboxylic acid groups (broad SMARTS) is 1. The molecule has 9 heteroatoms. The smallest absolute Gasteiger partial charge is 0.336 e. The van der Waals surface area contributed by atoms with Crippen molar-refractivity contribution >= 4 is 28.3 Å². The summed E-state index contributed by atoms with van der Waals surface area (Å²) in [5, 5.41) is 25.3. The predicted molar refractivity (Wildman–Crippen MR) is 148 cm³/mol. The maximum absolute atomic E-state index is 12.3. The Labute approximate surface area is 220 Å². The van der Waals surface area contributed by atoms with Gasteiger partial charge in [0.15, 0.2) is 0 Å². The summed E-state index contributed by atoms with van der Waals surface area (Å²) in [6, 6.07) is 15.4. The van der Waals surface area contributed by atoms with Gasteiger partial charge in [-0.1, -0.05) is 12.6 Å². The van der Waals surface area contributed by atoms with E-state index in [2.05, 4.69) is 17.2 Å². The Morgan fingerprint density at radius 2 is 1.76 bits per heavy atom. The van der Waals surface area contributed by atoms with Crippen molar-refractivity contribution in [3.8, 4) is 22.5 Å². The lowest BCUT2D eigenvalue weighted by Gasteiger charge is -2.18. The molecule has 6 N–H and O–H groups in total. The zero-order valence-corrected chi connectivity index (χ0v) is 21.3. The number of likely N-dealkylation sites (N-methyl/N-ethyl adjacent to an activating group) is 1. The molecule has 1 aliphatic heterocycles. The molecule has 0 saturated carbocycles. The zero-order valence-electron chi connectivity index (χ0n) is 21.3. The van der Waals surface area contributed by atoms with Crippen LogP contribution in [0.15, 0.2) is 65.6 Å². The minimum absolute atomic E-state index is 0.142. The number of nitrogen functional groups attached to an aromatic ring is 1. The Hall–Kier alpha value is -4.18. The fraction of sp³-hybridized carbons (Fsp3) is 0.241. The molecule has 0 bridgehead atoms. The Kier molecular flexibility index (Phi) is 8.75. The standard InChI is InChI=1S/C29H32N4O5/c1-18(33-10-12-37-14-13-36-11-9-32-2)19-3-6-22(29(34)35)25(15-19)28-23-7-4-20(30)16-26(23)38-27-17-21(31)5-8-24(27)28/h3-8,15-17,30,32-33H,1,9-14,31H2,2H3,(H,34,35). The highest BCUT2D eigenvalue weighted by atomic mass is 16.5. The number of nitrogens with one attached hydrogen (secondary N) is 3. The molecule has 0 unspecified atom stereocenters. The van der Waals surface area contributed by atoms with Gasteiger partial charge in [-0.2, -0.15) is 0 Å². The highest BCUT2D eigenvalue weighted by molar-refractivity contribution is 6.08. The van der Waals surface area contributed by atoms with Gasteiger partial charge in [-0.05, 0) is 54.6 Å². The molecule has 2 aromatic rings. The van der Waals surface area contributed by atoms with Crippen molar-refractivity contribution in [2.24, 2.45) is 0 Å². The third kappa shape index (κ3) is 6.20. The first-order valence-corrected chi connectivity index (χ1v) is 12.3. The van der Waals surface area contributed by atoms with Crippen LogP contribution >= 0.6 is 0 Å². The van der Waals surface area contributed by atoms with Crippen LogP contribution in [0.25, 0.3) is 39.1 Å². The second-order valence-corrected chi connectivity index (χ2v) is 8.74. The number of hydrogen-bond acceptors (Lipinski definition) is 8. The Morgan fingerprint density at radius 1 is 1.00 bits per heavy atom. The van der Waals surface area contributed by atoms with Gasteiger partial charge in [-0.15, -0.1) is 0 Å². The number of carbonyl (C=O) groups is 1. The summed E-state index contributed by atoms with van der Waals surface area (Å²) < 4.78 is 17.1. The van der Waals surface area contributed by atoms with E-state index in [0.717, 1.165) is 12.1 Å².